The van der Waals surface area contributed by atoms with Crippen molar-refractivity contribution in [2.24, 2.45) is 0 Å². The number of amides is 1. The third kappa shape index (κ3) is 4.50. The number of rotatable bonds is 5. The first-order chi connectivity index (χ1) is 17.4. The zero-order valence-corrected chi connectivity index (χ0v) is 20.4. The Hall–Kier alpha value is -3.95. The van der Waals surface area contributed by atoms with E-state index in [4.69, 9.17) is 22.1 Å². The second-order valence-corrected chi connectivity index (χ2v) is 8.92. The number of carbonyl (C=O) groups is 1. The van der Waals surface area contributed by atoms with Gasteiger partial charge in [-0.3, -0.25) is 14.2 Å². The number of nitrogens with two attached hydrogens (primary N) is 1. The molecular formula is C26H25ClN6O3. The van der Waals surface area contributed by atoms with Crippen LogP contribution in [0.1, 0.15) is 29.0 Å². The van der Waals surface area contributed by atoms with Crippen molar-refractivity contribution in [2.75, 3.05) is 37.4 Å². The van der Waals surface area contributed by atoms with E-state index in [0.29, 0.717) is 59.5 Å². The Morgan fingerprint density at radius 1 is 1.14 bits per heavy atom. The number of para-hydroxylation sites is 1. The van der Waals surface area contributed by atoms with E-state index in [1.165, 1.54) is 6.20 Å². The first-order valence-corrected chi connectivity index (χ1v) is 12.0. The molecule has 1 saturated heterocycles. The number of carbonyl (C=O) groups excluding carboxylic acids is 1. The Morgan fingerprint density at radius 2 is 1.89 bits per heavy atom. The molecule has 4 aromatic rings. The van der Waals surface area contributed by atoms with Crippen LogP contribution in [0, 0.1) is 0 Å². The van der Waals surface area contributed by atoms with Gasteiger partial charge in [-0.15, -0.1) is 0 Å². The summed E-state index contributed by atoms with van der Waals surface area (Å²) in [5.74, 6) is 0.123. The Balaban J connectivity index is 1.60. The minimum absolute atomic E-state index is 0.0361. The normalized spacial score (nSPS) is 14.6. The smallest absolute Gasteiger partial charge is 0.264 e. The van der Waals surface area contributed by atoms with Crippen molar-refractivity contribution < 1.29 is 9.53 Å². The van der Waals surface area contributed by atoms with Crippen LogP contribution in [0.5, 0.6) is 0 Å². The molecule has 3 heterocycles. The summed E-state index contributed by atoms with van der Waals surface area (Å²) in [6, 6.07) is 16.2. The predicted molar refractivity (Wildman–Crippen MR) is 140 cm³/mol. The minimum Gasteiger partial charge on any atom is -0.378 e. The summed E-state index contributed by atoms with van der Waals surface area (Å²) < 4.78 is 6.99. The van der Waals surface area contributed by atoms with Crippen LogP contribution in [-0.4, -0.2) is 51.6 Å². The highest BCUT2D eigenvalue weighted by Gasteiger charge is 2.25. The molecule has 2 aromatic heterocycles. The average Bonchev–Trinajstić information content (AvgIpc) is 2.89. The van der Waals surface area contributed by atoms with Crippen LogP contribution in [0.3, 0.4) is 0 Å². The molecule has 184 valence electrons. The van der Waals surface area contributed by atoms with Gasteiger partial charge in [0.15, 0.2) is 0 Å². The van der Waals surface area contributed by atoms with E-state index in [0.717, 1.165) is 5.39 Å². The molecule has 3 N–H and O–H groups in total. The number of pyridine rings is 1. The SMILES string of the molecule is C[C@H](Nc1nc(N)ncc1C(=O)N1CCOCC1)c1cc2cccc(Cl)c2c(=O)n1-c1ccccc1. The maximum atomic E-state index is 13.7. The number of hydrogen-bond acceptors (Lipinski definition) is 7. The molecule has 0 bridgehead atoms. The second-order valence-electron chi connectivity index (χ2n) is 8.51. The molecule has 0 spiro atoms. The fourth-order valence-corrected chi connectivity index (χ4v) is 4.64. The van der Waals surface area contributed by atoms with Crippen LogP contribution >= 0.6 is 11.6 Å². The number of benzene rings is 2. The van der Waals surface area contributed by atoms with Gasteiger partial charge < -0.3 is 20.7 Å². The maximum absolute atomic E-state index is 13.7. The number of aromatic nitrogens is 3. The van der Waals surface area contributed by atoms with E-state index in [1.54, 1.807) is 15.5 Å². The van der Waals surface area contributed by atoms with Crippen molar-refractivity contribution in [3.05, 3.63) is 87.4 Å². The van der Waals surface area contributed by atoms with Crippen molar-refractivity contribution in [3.63, 3.8) is 0 Å². The molecule has 5 rings (SSSR count). The first kappa shape index (κ1) is 23.8. The maximum Gasteiger partial charge on any atom is 0.264 e. The molecule has 1 amide bonds. The Labute approximate surface area is 212 Å². The van der Waals surface area contributed by atoms with Gasteiger partial charge in [0.25, 0.3) is 11.5 Å². The molecule has 0 aliphatic carbocycles. The summed E-state index contributed by atoms with van der Waals surface area (Å²) in [7, 11) is 0. The zero-order chi connectivity index (χ0) is 25.2. The van der Waals surface area contributed by atoms with Crippen LogP contribution in [0.25, 0.3) is 16.5 Å². The van der Waals surface area contributed by atoms with Gasteiger partial charge in [-0.05, 0) is 36.6 Å². The fourth-order valence-electron chi connectivity index (χ4n) is 4.38. The number of morpholine rings is 1. The lowest BCUT2D eigenvalue weighted by Crippen LogP contribution is -2.41. The average molecular weight is 505 g/mol. The van der Waals surface area contributed by atoms with Gasteiger partial charge in [-0.25, -0.2) is 4.98 Å². The van der Waals surface area contributed by atoms with Gasteiger partial charge in [0.05, 0.1) is 29.7 Å². The highest BCUT2D eigenvalue weighted by Crippen LogP contribution is 2.28. The van der Waals surface area contributed by atoms with Gasteiger partial charge in [-0.1, -0.05) is 41.9 Å². The van der Waals surface area contributed by atoms with E-state index >= 15 is 0 Å². The number of nitrogens with one attached hydrogen (secondary N) is 1. The third-order valence-electron chi connectivity index (χ3n) is 6.17. The highest BCUT2D eigenvalue weighted by molar-refractivity contribution is 6.35. The lowest BCUT2D eigenvalue weighted by molar-refractivity contribution is 0.0303. The predicted octanol–water partition coefficient (Wildman–Crippen LogP) is 3.66. The molecule has 0 unspecified atom stereocenters. The summed E-state index contributed by atoms with van der Waals surface area (Å²) in [6.45, 7) is 3.81. The van der Waals surface area contributed by atoms with Crippen molar-refractivity contribution in [3.8, 4) is 5.69 Å². The van der Waals surface area contributed by atoms with E-state index in [-0.39, 0.29) is 17.4 Å². The standard InChI is InChI=1S/C26H25ClN6O3/c1-16(30-23-19(15-29-26(28)31-23)24(34)32-10-12-36-13-11-32)21-14-17-6-5-9-20(27)22(17)25(35)33(21)18-7-3-2-4-8-18/h2-9,14-16H,10-13H2,1H3,(H3,28,29,30,31)/t16-/m0/s1. The van der Waals surface area contributed by atoms with Gasteiger partial charge in [0.1, 0.15) is 11.4 Å². The summed E-state index contributed by atoms with van der Waals surface area (Å²) in [6.07, 6.45) is 1.43. The molecule has 10 heteroatoms. The highest BCUT2D eigenvalue weighted by atomic mass is 35.5. The largest absolute Gasteiger partial charge is 0.378 e. The lowest BCUT2D eigenvalue weighted by atomic mass is 10.1. The van der Waals surface area contributed by atoms with Gasteiger partial charge >= 0.3 is 0 Å². The van der Waals surface area contributed by atoms with Crippen molar-refractivity contribution in [1.29, 1.82) is 0 Å². The van der Waals surface area contributed by atoms with Crippen LogP contribution in [-0.2, 0) is 4.74 Å². The van der Waals surface area contributed by atoms with Gasteiger partial charge in [0, 0.05) is 30.7 Å². The quantitative estimate of drug-likeness (QED) is 0.426. The summed E-state index contributed by atoms with van der Waals surface area (Å²) in [5.41, 5.74) is 7.31. The summed E-state index contributed by atoms with van der Waals surface area (Å²) >= 11 is 6.42. The second kappa shape index (κ2) is 9.96. The number of nitrogen functional groups attached to an aromatic ring is 1. The molecule has 1 fully saturated rings. The van der Waals surface area contributed by atoms with Crippen molar-refractivity contribution in [1.82, 2.24) is 19.4 Å². The van der Waals surface area contributed by atoms with Crippen molar-refractivity contribution in [2.45, 2.75) is 13.0 Å². The molecule has 1 aliphatic rings. The van der Waals surface area contributed by atoms with Crippen LogP contribution in [0.15, 0.2) is 65.6 Å². The molecule has 36 heavy (non-hydrogen) atoms. The molecule has 2 aromatic carbocycles. The fraction of sp³-hybridized carbons (Fsp3) is 0.231. The minimum atomic E-state index is -0.438. The van der Waals surface area contributed by atoms with Crippen LogP contribution < -0.4 is 16.6 Å². The molecule has 1 aliphatic heterocycles. The third-order valence-corrected chi connectivity index (χ3v) is 6.49. The van der Waals surface area contributed by atoms with E-state index in [2.05, 4.69) is 15.3 Å². The van der Waals surface area contributed by atoms with E-state index in [9.17, 15) is 9.59 Å². The summed E-state index contributed by atoms with van der Waals surface area (Å²) in [4.78, 5) is 37.0. The number of fused-ring (bicyclic) bond motifs is 1. The number of anilines is 2. The Bertz CT molecular complexity index is 1480. The zero-order valence-electron chi connectivity index (χ0n) is 19.6. The van der Waals surface area contributed by atoms with E-state index in [1.807, 2.05) is 55.5 Å². The van der Waals surface area contributed by atoms with Crippen LogP contribution in [0.2, 0.25) is 5.02 Å². The molecule has 0 saturated carbocycles. The number of hydrogen-bond donors (Lipinski definition) is 2. The Morgan fingerprint density at radius 3 is 2.64 bits per heavy atom. The summed E-state index contributed by atoms with van der Waals surface area (Å²) in [5, 5.41) is 4.84. The number of nitrogens with zero attached hydrogens (tertiary/aromatic N) is 4. The number of halogens is 1. The first-order valence-electron chi connectivity index (χ1n) is 11.6. The Kier molecular flexibility index (Phi) is 6.58. The molecule has 0 radical (unpaired) electrons. The van der Waals surface area contributed by atoms with E-state index < -0.39 is 6.04 Å². The number of ether oxygens (including phenoxy) is 1. The molecular weight excluding hydrogens is 480 g/mol. The van der Waals surface area contributed by atoms with Gasteiger partial charge in [0.2, 0.25) is 5.95 Å². The van der Waals surface area contributed by atoms with Gasteiger partial charge in [-0.2, -0.15) is 4.98 Å². The van der Waals surface area contributed by atoms with Crippen molar-refractivity contribution >= 4 is 40.0 Å². The lowest BCUT2D eigenvalue weighted by Gasteiger charge is -2.28. The monoisotopic (exact) mass is 504 g/mol. The van der Waals surface area contributed by atoms with Crippen LogP contribution in [0.4, 0.5) is 11.8 Å². The molecule has 1 atom stereocenters. The molecule has 9 nitrogen and oxygen atoms in total. The topological polar surface area (TPSA) is 115 Å².